The molecule has 1 N–H and O–H groups in total. The van der Waals surface area contributed by atoms with E-state index in [1.165, 1.54) is 32.2 Å². The van der Waals surface area contributed by atoms with Gasteiger partial charge < -0.3 is 14.8 Å². The van der Waals surface area contributed by atoms with Crippen LogP contribution in [0.3, 0.4) is 0 Å². The number of unbranched alkanes of at least 4 members (excludes halogenated alkanes) is 3. The Kier molecular flexibility index (Phi) is 5.26. The van der Waals surface area contributed by atoms with Crippen LogP contribution in [0.25, 0.3) is 0 Å². The minimum atomic E-state index is 0.0549. The Morgan fingerprint density at radius 3 is 2.94 bits per heavy atom. The van der Waals surface area contributed by atoms with Crippen molar-refractivity contribution in [2.24, 2.45) is 0 Å². The summed E-state index contributed by atoms with van der Waals surface area (Å²) in [5, 5.41) is 3.70. The summed E-state index contributed by atoms with van der Waals surface area (Å²) in [7, 11) is 0. The van der Waals surface area contributed by atoms with Crippen molar-refractivity contribution in [2.75, 3.05) is 26.4 Å². The van der Waals surface area contributed by atoms with Gasteiger partial charge in [-0.15, -0.1) is 0 Å². The third kappa shape index (κ3) is 3.94. The SMILES string of the molecule is CCCCCCNC1CCOC2(CCOC2)C1. The van der Waals surface area contributed by atoms with E-state index in [-0.39, 0.29) is 5.60 Å². The number of hydrogen-bond acceptors (Lipinski definition) is 3. The average Bonchev–Trinajstić information content (AvgIpc) is 2.77. The van der Waals surface area contributed by atoms with Gasteiger partial charge in [0.1, 0.15) is 0 Å². The average molecular weight is 241 g/mol. The lowest BCUT2D eigenvalue weighted by Gasteiger charge is -2.37. The fourth-order valence-electron chi connectivity index (χ4n) is 2.92. The zero-order chi connectivity index (χ0) is 12.0. The molecular formula is C14H27NO2. The molecule has 17 heavy (non-hydrogen) atoms. The fourth-order valence-corrected chi connectivity index (χ4v) is 2.92. The lowest BCUT2D eigenvalue weighted by Crippen LogP contribution is -2.47. The predicted molar refractivity (Wildman–Crippen MR) is 69.3 cm³/mol. The first-order valence-electron chi connectivity index (χ1n) is 7.30. The summed E-state index contributed by atoms with van der Waals surface area (Å²) in [5.74, 6) is 0. The molecule has 2 aliphatic heterocycles. The monoisotopic (exact) mass is 241 g/mol. The van der Waals surface area contributed by atoms with E-state index >= 15 is 0 Å². The Balaban J connectivity index is 1.63. The molecule has 2 heterocycles. The van der Waals surface area contributed by atoms with Gasteiger partial charge in [0.2, 0.25) is 0 Å². The van der Waals surface area contributed by atoms with Crippen LogP contribution in [0.4, 0.5) is 0 Å². The Hall–Kier alpha value is -0.120. The Labute approximate surface area is 105 Å². The van der Waals surface area contributed by atoms with Crippen molar-refractivity contribution in [3.05, 3.63) is 0 Å². The van der Waals surface area contributed by atoms with Gasteiger partial charge in [0.05, 0.1) is 12.2 Å². The summed E-state index contributed by atoms with van der Waals surface area (Å²) in [4.78, 5) is 0. The molecule has 3 heteroatoms. The third-order valence-corrected chi connectivity index (χ3v) is 4.02. The van der Waals surface area contributed by atoms with Crippen LogP contribution >= 0.6 is 0 Å². The van der Waals surface area contributed by atoms with Crippen molar-refractivity contribution < 1.29 is 9.47 Å². The van der Waals surface area contributed by atoms with Crippen molar-refractivity contribution in [3.63, 3.8) is 0 Å². The number of hydrogen-bond donors (Lipinski definition) is 1. The molecule has 0 bridgehead atoms. The van der Waals surface area contributed by atoms with Crippen molar-refractivity contribution >= 4 is 0 Å². The third-order valence-electron chi connectivity index (χ3n) is 4.02. The Morgan fingerprint density at radius 1 is 1.24 bits per heavy atom. The molecule has 1 spiro atoms. The molecule has 2 unspecified atom stereocenters. The number of nitrogens with one attached hydrogen (secondary N) is 1. The molecule has 2 atom stereocenters. The summed E-state index contributed by atoms with van der Waals surface area (Å²) in [6.45, 7) is 6.01. The van der Waals surface area contributed by atoms with Crippen LogP contribution in [0.15, 0.2) is 0 Å². The van der Waals surface area contributed by atoms with Gasteiger partial charge >= 0.3 is 0 Å². The minimum absolute atomic E-state index is 0.0549. The standard InChI is InChI=1S/C14H27NO2/c1-2-3-4-5-8-15-13-6-9-17-14(11-13)7-10-16-12-14/h13,15H,2-12H2,1H3. The highest BCUT2D eigenvalue weighted by Crippen LogP contribution is 2.32. The lowest BCUT2D eigenvalue weighted by atomic mass is 9.89. The fraction of sp³-hybridized carbons (Fsp3) is 1.00. The summed E-state index contributed by atoms with van der Waals surface area (Å²) in [6.07, 6.45) is 8.75. The number of ether oxygens (including phenoxy) is 2. The largest absolute Gasteiger partial charge is 0.378 e. The maximum Gasteiger partial charge on any atom is 0.0951 e. The van der Waals surface area contributed by atoms with Gasteiger partial charge in [-0.05, 0) is 25.8 Å². The van der Waals surface area contributed by atoms with Crippen LogP contribution < -0.4 is 5.32 Å². The van der Waals surface area contributed by atoms with Gasteiger partial charge in [-0.3, -0.25) is 0 Å². The summed E-state index contributed by atoms with van der Waals surface area (Å²) < 4.78 is 11.4. The van der Waals surface area contributed by atoms with Crippen molar-refractivity contribution in [2.45, 2.75) is 63.5 Å². The molecule has 0 radical (unpaired) electrons. The van der Waals surface area contributed by atoms with Crippen LogP contribution in [0.2, 0.25) is 0 Å². The highest BCUT2D eigenvalue weighted by Gasteiger charge is 2.40. The first kappa shape index (κ1) is 13.3. The normalized spacial score (nSPS) is 33.4. The Morgan fingerprint density at radius 2 is 2.18 bits per heavy atom. The molecule has 0 saturated carbocycles. The minimum Gasteiger partial charge on any atom is -0.378 e. The molecule has 0 aromatic carbocycles. The molecular weight excluding hydrogens is 214 g/mol. The van der Waals surface area contributed by atoms with Crippen molar-refractivity contribution in [1.29, 1.82) is 0 Å². The second kappa shape index (κ2) is 6.72. The lowest BCUT2D eigenvalue weighted by molar-refractivity contribution is -0.0892. The van der Waals surface area contributed by atoms with E-state index in [2.05, 4.69) is 12.2 Å². The first-order valence-corrected chi connectivity index (χ1v) is 7.30. The number of rotatable bonds is 6. The summed E-state index contributed by atoms with van der Waals surface area (Å²) in [6, 6.07) is 0.645. The van der Waals surface area contributed by atoms with E-state index in [9.17, 15) is 0 Å². The molecule has 0 amide bonds. The highest BCUT2D eigenvalue weighted by atomic mass is 16.6. The maximum atomic E-state index is 5.94. The van der Waals surface area contributed by atoms with Crippen LogP contribution in [-0.2, 0) is 9.47 Å². The highest BCUT2D eigenvalue weighted by molar-refractivity contribution is 4.92. The molecule has 0 aromatic rings. The zero-order valence-electron chi connectivity index (χ0n) is 11.2. The van der Waals surface area contributed by atoms with E-state index in [1.54, 1.807) is 0 Å². The zero-order valence-corrected chi connectivity index (χ0v) is 11.2. The van der Waals surface area contributed by atoms with Gasteiger partial charge in [0.25, 0.3) is 0 Å². The van der Waals surface area contributed by atoms with E-state index in [1.807, 2.05) is 0 Å². The molecule has 2 aliphatic rings. The van der Waals surface area contributed by atoms with E-state index in [0.29, 0.717) is 6.04 Å². The summed E-state index contributed by atoms with van der Waals surface area (Å²) >= 11 is 0. The molecule has 0 aliphatic carbocycles. The van der Waals surface area contributed by atoms with E-state index in [0.717, 1.165) is 39.1 Å². The van der Waals surface area contributed by atoms with Crippen LogP contribution in [0, 0.1) is 0 Å². The van der Waals surface area contributed by atoms with Crippen molar-refractivity contribution in [1.82, 2.24) is 5.32 Å². The smallest absolute Gasteiger partial charge is 0.0951 e. The molecule has 0 aromatic heterocycles. The van der Waals surface area contributed by atoms with E-state index < -0.39 is 0 Å². The molecule has 2 fully saturated rings. The van der Waals surface area contributed by atoms with Gasteiger partial charge in [-0.2, -0.15) is 0 Å². The van der Waals surface area contributed by atoms with Crippen LogP contribution in [0.1, 0.15) is 51.9 Å². The van der Waals surface area contributed by atoms with Gasteiger partial charge in [-0.1, -0.05) is 26.2 Å². The maximum absolute atomic E-state index is 5.94. The van der Waals surface area contributed by atoms with Gasteiger partial charge in [0, 0.05) is 25.7 Å². The second-order valence-electron chi connectivity index (χ2n) is 5.54. The quantitative estimate of drug-likeness (QED) is 0.725. The van der Waals surface area contributed by atoms with Crippen LogP contribution in [0.5, 0.6) is 0 Å². The van der Waals surface area contributed by atoms with Gasteiger partial charge in [0.15, 0.2) is 0 Å². The Bertz CT molecular complexity index is 214. The second-order valence-corrected chi connectivity index (χ2v) is 5.54. The molecule has 100 valence electrons. The predicted octanol–water partition coefficient (Wildman–Crippen LogP) is 2.49. The van der Waals surface area contributed by atoms with Crippen LogP contribution in [-0.4, -0.2) is 38.0 Å². The topological polar surface area (TPSA) is 30.5 Å². The van der Waals surface area contributed by atoms with Gasteiger partial charge in [-0.25, -0.2) is 0 Å². The first-order chi connectivity index (χ1) is 8.35. The summed E-state index contributed by atoms with van der Waals surface area (Å²) in [5.41, 5.74) is 0.0549. The molecule has 2 rings (SSSR count). The molecule has 3 nitrogen and oxygen atoms in total. The molecule has 2 saturated heterocycles. The van der Waals surface area contributed by atoms with E-state index in [4.69, 9.17) is 9.47 Å². The van der Waals surface area contributed by atoms with Crippen molar-refractivity contribution in [3.8, 4) is 0 Å².